The lowest BCUT2D eigenvalue weighted by Crippen LogP contribution is -2.65. The van der Waals surface area contributed by atoms with Crippen LogP contribution in [0.25, 0.3) is 0 Å². The van der Waals surface area contributed by atoms with Crippen LogP contribution >= 0.6 is 0 Å². The highest BCUT2D eigenvalue weighted by Crippen LogP contribution is 2.68. The number of carbonyl (C=O) groups is 3. The lowest BCUT2D eigenvalue weighted by molar-refractivity contribution is -0.205. The summed E-state index contributed by atoms with van der Waals surface area (Å²) in [5, 5.41) is 12.1. The monoisotopic (exact) mass is 464 g/mol. The van der Waals surface area contributed by atoms with E-state index in [1.54, 1.807) is 6.92 Å². The van der Waals surface area contributed by atoms with E-state index in [4.69, 9.17) is 23.7 Å². The number of ether oxygens (including phenoxy) is 5. The Labute approximate surface area is 192 Å². The molecule has 0 radical (unpaired) electrons. The Morgan fingerprint density at radius 2 is 1.76 bits per heavy atom. The summed E-state index contributed by atoms with van der Waals surface area (Å²) in [5.41, 5.74) is -3.44. The van der Waals surface area contributed by atoms with Crippen molar-refractivity contribution in [3.05, 3.63) is 11.6 Å². The molecule has 9 nitrogen and oxygen atoms in total. The number of carbonyl (C=O) groups excluding carboxylic acids is 3. The van der Waals surface area contributed by atoms with Gasteiger partial charge in [-0.25, -0.2) is 4.79 Å². The second-order valence-electron chi connectivity index (χ2n) is 10.8. The molecule has 3 heterocycles. The summed E-state index contributed by atoms with van der Waals surface area (Å²) in [6.07, 6.45) is -0.283. The Bertz CT molecular complexity index is 960. The SMILES string of the molecule is CC(=O)O[C@H]1C[C@@H]2O[C@]2(C)C2C(O)[C@]34O[C@@]3(C)C(=O)O[C@H]4/C=C(/C)CC[C@@H](OC(C)=O)[C@]21C. The largest absolute Gasteiger partial charge is 0.462 e. The highest BCUT2D eigenvalue weighted by Gasteiger charge is 2.88. The Kier molecular flexibility index (Phi) is 4.70. The molecule has 33 heavy (non-hydrogen) atoms. The molecule has 3 aliphatic heterocycles. The summed E-state index contributed by atoms with van der Waals surface area (Å²) < 4.78 is 29.4. The third-order valence-electron chi connectivity index (χ3n) is 8.81. The lowest BCUT2D eigenvalue weighted by atomic mass is 9.54. The summed E-state index contributed by atoms with van der Waals surface area (Å²) in [4.78, 5) is 37.0. The van der Waals surface area contributed by atoms with Crippen molar-refractivity contribution in [2.24, 2.45) is 11.3 Å². The van der Waals surface area contributed by atoms with E-state index in [2.05, 4.69) is 0 Å². The number of aliphatic hydroxyl groups excluding tert-OH is 1. The number of esters is 3. The molecule has 0 aromatic rings. The van der Waals surface area contributed by atoms with Crippen molar-refractivity contribution in [2.75, 3.05) is 0 Å². The first-order chi connectivity index (χ1) is 15.3. The number of rotatable bonds is 2. The molecule has 1 saturated carbocycles. The van der Waals surface area contributed by atoms with Gasteiger partial charge in [0.05, 0.1) is 17.8 Å². The third-order valence-corrected chi connectivity index (χ3v) is 8.81. The van der Waals surface area contributed by atoms with Crippen molar-refractivity contribution in [1.82, 2.24) is 0 Å². The van der Waals surface area contributed by atoms with Crippen molar-refractivity contribution in [1.29, 1.82) is 0 Å². The molecule has 0 amide bonds. The topological polar surface area (TPSA) is 124 Å². The quantitative estimate of drug-likeness (QED) is 0.281. The summed E-state index contributed by atoms with van der Waals surface area (Å²) in [6, 6.07) is 0. The molecular formula is C24H32O9. The number of aliphatic hydroxyl groups is 1. The first-order valence-corrected chi connectivity index (χ1v) is 11.6. The predicted octanol–water partition coefficient (Wildman–Crippen LogP) is 1.59. The molecule has 182 valence electrons. The van der Waals surface area contributed by atoms with Gasteiger partial charge in [-0.15, -0.1) is 0 Å². The Balaban J connectivity index is 1.69. The van der Waals surface area contributed by atoms with Crippen molar-refractivity contribution in [3.8, 4) is 0 Å². The summed E-state index contributed by atoms with van der Waals surface area (Å²) in [7, 11) is 0. The van der Waals surface area contributed by atoms with E-state index in [9.17, 15) is 19.5 Å². The molecule has 5 rings (SSSR count). The fraction of sp³-hybridized carbons (Fsp3) is 0.792. The smallest absolute Gasteiger partial charge is 0.342 e. The van der Waals surface area contributed by atoms with Gasteiger partial charge in [0, 0.05) is 31.6 Å². The molecule has 0 aromatic carbocycles. The Hall–Kier alpha value is -1.97. The second-order valence-corrected chi connectivity index (χ2v) is 10.8. The highest BCUT2D eigenvalue weighted by atomic mass is 16.7. The van der Waals surface area contributed by atoms with Crippen LogP contribution in [0.2, 0.25) is 0 Å². The standard InChI is InChI=1S/C24H32O9/c1-11-7-8-14(29-12(2)25)21(4)15(30-13(3)26)10-16-22(5,32-16)18(21)19(27)24-17(9-11)31-20(28)23(24,6)33-24/h9,14-19,27H,7-8,10H2,1-6H3/b11-9-/t14-,15+,16+,17+,18?,19?,21+,22+,23+,24+/m1/s1. The van der Waals surface area contributed by atoms with E-state index in [1.165, 1.54) is 13.8 Å². The normalized spacial score (nSPS) is 53.7. The van der Waals surface area contributed by atoms with Gasteiger partial charge in [0.15, 0.2) is 17.3 Å². The molecular weight excluding hydrogens is 432 g/mol. The van der Waals surface area contributed by atoms with Crippen LogP contribution < -0.4 is 0 Å². The van der Waals surface area contributed by atoms with Crippen LogP contribution in [0.15, 0.2) is 11.6 Å². The van der Waals surface area contributed by atoms with Gasteiger partial charge < -0.3 is 28.8 Å². The van der Waals surface area contributed by atoms with Crippen LogP contribution in [-0.4, -0.2) is 70.3 Å². The van der Waals surface area contributed by atoms with Crippen molar-refractivity contribution in [2.45, 2.75) is 108 Å². The van der Waals surface area contributed by atoms with Crippen LogP contribution in [0, 0.1) is 11.3 Å². The van der Waals surface area contributed by atoms with Crippen LogP contribution in [0.5, 0.6) is 0 Å². The first kappa shape index (κ1) is 22.8. The van der Waals surface area contributed by atoms with E-state index < -0.39 is 70.5 Å². The van der Waals surface area contributed by atoms with E-state index in [0.29, 0.717) is 19.3 Å². The molecule has 1 N–H and O–H groups in total. The number of hydrogen-bond donors (Lipinski definition) is 1. The van der Waals surface area contributed by atoms with Gasteiger partial charge in [0.2, 0.25) is 0 Å². The number of hydrogen-bond acceptors (Lipinski definition) is 9. The van der Waals surface area contributed by atoms with Crippen molar-refractivity contribution in [3.63, 3.8) is 0 Å². The molecule has 0 aromatic heterocycles. The zero-order chi connectivity index (χ0) is 24.1. The summed E-state index contributed by atoms with van der Waals surface area (Å²) in [5.74, 6) is -2.10. The minimum Gasteiger partial charge on any atom is -0.462 e. The van der Waals surface area contributed by atoms with Gasteiger partial charge >= 0.3 is 17.9 Å². The molecule has 1 spiro atoms. The van der Waals surface area contributed by atoms with Crippen molar-refractivity contribution >= 4 is 17.9 Å². The van der Waals surface area contributed by atoms with Crippen LogP contribution in [0.3, 0.4) is 0 Å². The zero-order valence-electron chi connectivity index (χ0n) is 19.9. The van der Waals surface area contributed by atoms with Crippen molar-refractivity contribution < 1.29 is 43.2 Å². The second kappa shape index (κ2) is 6.79. The van der Waals surface area contributed by atoms with E-state index in [-0.39, 0.29) is 6.10 Å². The summed E-state index contributed by atoms with van der Waals surface area (Å²) in [6.45, 7) is 10.0. The molecule has 0 bridgehead atoms. The van der Waals surface area contributed by atoms with Gasteiger partial charge in [0.1, 0.15) is 12.2 Å². The predicted molar refractivity (Wildman–Crippen MR) is 112 cm³/mol. The average molecular weight is 465 g/mol. The number of allylic oxidation sites excluding steroid dienone is 1. The minimum absolute atomic E-state index is 0.245. The first-order valence-electron chi connectivity index (χ1n) is 11.6. The van der Waals surface area contributed by atoms with Crippen LogP contribution in [0.1, 0.15) is 60.8 Å². The van der Waals surface area contributed by atoms with Gasteiger partial charge in [-0.2, -0.15) is 0 Å². The van der Waals surface area contributed by atoms with E-state index in [0.717, 1.165) is 5.57 Å². The molecule has 9 heteroatoms. The third kappa shape index (κ3) is 2.85. The average Bonchev–Trinajstić information content (AvgIpc) is 3.53. The highest BCUT2D eigenvalue weighted by molar-refractivity contribution is 5.89. The van der Waals surface area contributed by atoms with E-state index >= 15 is 0 Å². The van der Waals surface area contributed by atoms with Gasteiger partial charge in [-0.3, -0.25) is 9.59 Å². The van der Waals surface area contributed by atoms with E-state index in [1.807, 2.05) is 26.8 Å². The van der Waals surface area contributed by atoms with Crippen LogP contribution in [-0.2, 0) is 38.1 Å². The molecule has 4 fully saturated rings. The van der Waals surface area contributed by atoms with Gasteiger partial charge in [-0.05, 0) is 39.7 Å². The molecule has 3 saturated heterocycles. The fourth-order valence-corrected chi connectivity index (χ4v) is 7.00. The maximum absolute atomic E-state index is 12.7. The minimum atomic E-state index is -1.30. The molecule has 5 aliphatic rings. The van der Waals surface area contributed by atoms with Crippen LogP contribution in [0.4, 0.5) is 0 Å². The molecule has 2 unspecified atom stereocenters. The summed E-state index contributed by atoms with van der Waals surface area (Å²) >= 11 is 0. The maximum Gasteiger partial charge on any atom is 0.342 e. The van der Waals surface area contributed by atoms with Gasteiger partial charge in [-0.1, -0.05) is 12.5 Å². The number of epoxide rings is 2. The van der Waals surface area contributed by atoms with Gasteiger partial charge in [0.25, 0.3) is 0 Å². The lowest BCUT2D eigenvalue weighted by Gasteiger charge is -2.53. The molecule has 2 aliphatic carbocycles. The number of fused-ring (bicyclic) bond motifs is 3. The zero-order valence-corrected chi connectivity index (χ0v) is 19.9. The molecule has 10 atom stereocenters. The Morgan fingerprint density at radius 1 is 1.12 bits per heavy atom. The fourth-order valence-electron chi connectivity index (χ4n) is 7.00. The Morgan fingerprint density at radius 3 is 2.36 bits per heavy atom. The maximum atomic E-state index is 12.7.